The molecule has 0 nitrogen and oxygen atoms in total. The van der Waals surface area contributed by atoms with Crippen LogP contribution in [-0.2, 0) is 18.4 Å². The zero-order valence-corrected chi connectivity index (χ0v) is 10.6. The molecule has 0 saturated carbocycles. The molecule has 1 aliphatic carbocycles. The summed E-state index contributed by atoms with van der Waals surface area (Å²) in [6, 6.07) is 0. The van der Waals surface area contributed by atoms with Crippen molar-refractivity contribution in [1.82, 2.24) is 0 Å². The Bertz CT molecular complexity index is 184. The molecule has 0 N–H and O–H groups in total. The summed E-state index contributed by atoms with van der Waals surface area (Å²) < 4.78 is 1.76. The normalized spacial score (nSPS) is 13.0. The van der Waals surface area contributed by atoms with Crippen molar-refractivity contribution in [2.75, 3.05) is 0 Å². The first-order chi connectivity index (χ1) is 4.58. The fourth-order valence-electron chi connectivity index (χ4n) is 1.02. The first-order valence-electron chi connectivity index (χ1n) is 3.72. The van der Waals surface area contributed by atoms with Crippen LogP contribution in [0.3, 0.4) is 0 Å². The Labute approximate surface area is 86.7 Å². The van der Waals surface area contributed by atoms with Gasteiger partial charge < -0.3 is 14.1 Å². The number of hydrogen-bond donors (Lipinski definition) is 0. The predicted octanol–water partition coefficient (Wildman–Crippen LogP) is -6.24. The summed E-state index contributed by atoms with van der Waals surface area (Å²) in [5, 5.41) is 0. The minimum atomic E-state index is -0.706. The van der Waals surface area contributed by atoms with Gasteiger partial charge in [0.1, 0.15) is 0 Å². The Morgan fingerprint density at radius 2 is 1.69 bits per heavy atom. The molecule has 0 saturated heterocycles. The molecule has 0 aromatic carbocycles. The molecule has 0 amide bonds. The monoisotopic (exact) mass is 243 g/mol. The fraction of sp³-hybridized carbons (Fsp3) is 0.500. The van der Waals surface area contributed by atoms with Gasteiger partial charge in [0, 0.05) is 0 Å². The minimum absolute atomic E-state index is 0. The third-order valence-corrected chi connectivity index (χ3v) is 7.97. The maximum Gasteiger partial charge on any atom is -1.00 e. The third kappa shape index (κ3) is 8.53. The second-order valence-corrected chi connectivity index (χ2v) is 17.7. The first kappa shape index (κ1) is 18.9. The molecule has 0 bridgehead atoms. The van der Waals surface area contributed by atoms with Crippen LogP contribution < -0.4 is 14.1 Å². The van der Waals surface area contributed by atoms with Crippen molar-refractivity contribution >= 4 is 5.94 Å². The fourth-order valence-corrected chi connectivity index (χ4v) is 7.89. The van der Waals surface area contributed by atoms with Gasteiger partial charge in [-0.05, 0) is 0 Å². The number of halogens is 3. The van der Waals surface area contributed by atoms with Gasteiger partial charge in [0.15, 0.2) is 0 Å². The zero-order valence-electron chi connectivity index (χ0n) is 8.07. The van der Waals surface area contributed by atoms with Crippen LogP contribution in [-0.4, -0.2) is 5.94 Å². The van der Waals surface area contributed by atoms with Crippen LogP contribution in [0.4, 0.5) is 0 Å². The molecule has 0 aliphatic heterocycles. The van der Waals surface area contributed by atoms with Gasteiger partial charge in [0.25, 0.3) is 0 Å². The van der Waals surface area contributed by atoms with Crippen molar-refractivity contribution in [2.24, 2.45) is 0 Å². The summed E-state index contributed by atoms with van der Waals surface area (Å²) in [6.45, 7) is 7.44. The zero-order chi connectivity index (χ0) is 7.61. The Morgan fingerprint density at radius 3 is 2.00 bits per heavy atom. The molecule has 0 spiro atoms. The molecule has 0 radical (unpaired) electrons. The van der Waals surface area contributed by atoms with Crippen molar-refractivity contribution in [1.29, 1.82) is 0 Å². The number of hydrogen-bond acceptors (Lipinski definition) is 0. The van der Waals surface area contributed by atoms with Gasteiger partial charge in [0.05, 0.1) is 0 Å². The quantitative estimate of drug-likeness (QED) is 0.423. The summed E-state index contributed by atoms with van der Waals surface area (Å²) in [5.74, 6) is -0.706. The number of rotatable bonds is 2. The van der Waals surface area contributed by atoms with Gasteiger partial charge >= 0.3 is 72.5 Å². The summed E-state index contributed by atoms with van der Waals surface area (Å²) in [6.07, 6.45) is 8.08. The van der Waals surface area contributed by atoms with Crippen molar-refractivity contribution in [2.45, 2.75) is 26.1 Å². The van der Waals surface area contributed by atoms with E-state index in [4.69, 9.17) is 0 Å². The molecule has 0 aromatic rings. The maximum atomic E-state index is 2.48. The van der Waals surface area contributed by atoms with E-state index in [1.54, 1.807) is 3.88 Å². The predicted molar refractivity (Wildman–Crippen MR) is 45.2 cm³/mol. The molecule has 75 valence electrons. The average Bonchev–Trinajstić information content (AvgIpc) is 2.12. The SMILES string of the molecule is C[Si](C)(C)[Ti+3][C]1=CC=CC1.[F-].[F-].[F-]. The molecule has 1 rings (SSSR count). The van der Waals surface area contributed by atoms with E-state index in [1.165, 1.54) is 6.42 Å². The van der Waals surface area contributed by atoms with Gasteiger partial charge in [-0.1, -0.05) is 0 Å². The minimum Gasteiger partial charge on any atom is -1.00 e. The van der Waals surface area contributed by atoms with Crippen LogP contribution in [0.5, 0.6) is 0 Å². The second kappa shape index (κ2) is 7.59. The molecule has 0 fully saturated rings. The summed E-state index contributed by atoms with van der Waals surface area (Å²) >= 11 is 0.285. The van der Waals surface area contributed by atoms with Crippen LogP contribution in [0, 0.1) is 0 Å². The van der Waals surface area contributed by atoms with E-state index in [1.807, 2.05) is 0 Å². The molecule has 13 heavy (non-hydrogen) atoms. The van der Waals surface area contributed by atoms with E-state index in [-0.39, 0.29) is 32.5 Å². The van der Waals surface area contributed by atoms with Crippen molar-refractivity contribution in [3.8, 4) is 0 Å². The van der Waals surface area contributed by atoms with Gasteiger partial charge in [-0.2, -0.15) is 0 Å². The Morgan fingerprint density at radius 1 is 1.15 bits per heavy atom. The van der Waals surface area contributed by atoms with Gasteiger partial charge in [-0.15, -0.1) is 0 Å². The molecule has 0 atom stereocenters. The van der Waals surface area contributed by atoms with Crippen LogP contribution in [0.1, 0.15) is 6.42 Å². The van der Waals surface area contributed by atoms with Gasteiger partial charge in [0.2, 0.25) is 0 Å². The Balaban J connectivity index is -0.000000333. The van der Waals surface area contributed by atoms with Gasteiger partial charge in [-0.25, -0.2) is 0 Å². The number of allylic oxidation sites excluding steroid dienone is 4. The Hall–Kier alpha value is 0.201. The van der Waals surface area contributed by atoms with E-state index in [0.717, 1.165) is 0 Å². The summed E-state index contributed by atoms with van der Waals surface area (Å²) in [7, 11) is 0. The Kier molecular flexibility index (Phi) is 11.0. The van der Waals surface area contributed by atoms with Crippen molar-refractivity contribution in [3.63, 3.8) is 0 Å². The van der Waals surface area contributed by atoms with Crippen molar-refractivity contribution < 1.29 is 32.5 Å². The standard InChI is InChI=1S/C5H5.C3H9Si.3FH.Ti/c1-2-4-5-3-1;1-4(2)3;;;;/h1-3H,4H2;1-3H3;3*1H;/q;;;;;+3/p-3. The molecule has 0 heterocycles. The van der Waals surface area contributed by atoms with Crippen LogP contribution in [0.25, 0.3) is 0 Å². The second-order valence-electron chi connectivity index (χ2n) is 3.70. The van der Waals surface area contributed by atoms with Crippen molar-refractivity contribution in [3.05, 3.63) is 22.1 Å². The topological polar surface area (TPSA) is 0 Å². The smallest absolute Gasteiger partial charge is 1.00 e. The third-order valence-electron chi connectivity index (χ3n) is 1.31. The first-order valence-corrected chi connectivity index (χ1v) is 10.3. The molecule has 1 aliphatic rings. The van der Waals surface area contributed by atoms with Crippen LogP contribution >= 0.6 is 0 Å². The summed E-state index contributed by atoms with van der Waals surface area (Å²) in [4.78, 5) is 0. The molecular weight excluding hydrogens is 229 g/mol. The van der Waals surface area contributed by atoms with Gasteiger partial charge in [-0.3, -0.25) is 0 Å². The maximum absolute atomic E-state index is 2.48. The van der Waals surface area contributed by atoms with E-state index < -0.39 is 5.94 Å². The average molecular weight is 243 g/mol. The van der Waals surface area contributed by atoms with E-state index in [2.05, 4.69) is 37.9 Å². The molecule has 0 aromatic heterocycles. The van der Waals surface area contributed by atoms with E-state index in [9.17, 15) is 0 Å². The van der Waals surface area contributed by atoms with Crippen LogP contribution in [0.15, 0.2) is 22.1 Å². The molecule has 0 unspecified atom stereocenters. The van der Waals surface area contributed by atoms with E-state index >= 15 is 0 Å². The largest absolute Gasteiger partial charge is 1.00 e. The summed E-state index contributed by atoms with van der Waals surface area (Å²) in [5.41, 5.74) is 0. The van der Waals surface area contributed by atoms with Crippen LogP contribution in [0.2, 0.25) is 19.6 Å². The molecule has 5 heteroatoms. The molecular formula is C8H14F3SiTi. The van der Waals surface area contributed by atoms with E-state index in [0.29, 0.717) is 0 Å².